The van der Waals surface area contributed by atoms with Crippen molar-refractivity contribution in [3.8, 4) is 0 Å². The Bertz CT molecular complexity index is 753. The van der Waals surface area contributed by atoms with Gasteiger partial charge in [0.15, 0.2) is 14.9 Å². The van der Waals surface area contributed by atoms with Crippen molar-refractivity contribution < 1.29 is 13.2 Å². The second-order valence-electron chi connectivity index (χ2n) is 8.71. The van der Waals surface area contributed by atoms with Crippen LogP contribution >= 0.6 is 0 Å². The van der Waals surface area contributed by atoms with E-state index in [2.05, 4.69) is 15.6 Å². The van der Waals surface area contributed by atoms with Gasteiger partial charge in [-0.2, -0.15) is 0 Å². The van der Waals surface area contributed by atoms with Crippen LogP contribution in [0.1, 0.15) is 44.9 Å². The molecule has 1 aromatic heterocycles. The zero-order chi connectivity index (χ0) is 18.4. The molecule has 2 N–H and O–H groups in total. The summed E-state index contributed by atoms with van der Waals surface area (Å²) < 4.78 is 22.8. The van der Waals surface area contributed by atoms with Crippen molar-refractivity contribution in [3.05, 3.63) is 18.3 Å². The highest BCUT2D eigenvalue weighted by atomic mass is 32.2. The predicted molar refractivity (Wildman–Crippen MR) is 99.6 cm³/mol. The molecule has 0 atom stereocenters. The topological polar surface area (TPSA) is 88.2 Å². The van der Waals surface area contributed by atoms with E-state index in [9.17, 15) is 13.2 Å². The van der Waals surface area contributed by atoms with Gasteiger partial charge in [0.1, 0.15) is 0 Å². The molecule has 0 radical (unpaired) electrons. The number of carbonyl (C=O) groups excluding carboxylic acids is 1. The number of sulfone groups is 1. The smallest absolute Gasteiger partial charge is 0.319 e. The van der Waals surface area contributed by atoms with Crippen molar-refractivity contribution in [3.63, 3.8) is 0 Å². The summed E-state index contributed by atoms with van der Waals surface area (Å²) in [5, 5.41) is 5.68. The SMILES string of the molecule is CS(=O)(=O)c1ccc(NC(=O)NCCC23CC4CC(CC(C4)C2)C3)cn1. The summed E-state index contributed by atoms with van der Waals surface area (Å²) >= 11 is 0. The molecule has 7 heteroatoms. The number of nitrogens with zero attached hydrogens (tertiary/aromatic N) is 1. The molecule has 4 fully saturated rings. The molecule has 0 spiro atoms. The first-order valence-electron chi connectivity index (χ1n) is 9.52. The number of aromatic nitrogens is 1. The Labute approximate surface area is 155 Å². The zero-order valence-electron chi connectivity index (χ0n) is 15.2. The first-order valence-corrected chi connectivity index (χ1v) is 11.4. The van der Waals surface area contributed by atoms with Crippen LogP contribution in [0.3, 0.4) is 0 Å². The standard InChI is InChI=1S/C19H27N3O3S/c1-26(24,25)17-3-2-16(12-21-17)22-18(23)20-5-4-19-9-13-6-14(10-19)8-15(7-13)11-19/h2-3,12-15H,4-11H2,1H3,(H2,20,22,23). The Balaban J connectivity index is 1.27. The summed E-state index contributed by atoms with van der Waals surface area (Å²) in [6, 6.07) is 2.70. The Morgan fingerprint density at radius 2 is 1.77 bits per heavy atom. The molecule has 1 aromatic rings. The molecule has 4 aliphatic carbocycles. The molecule has 1 heterocycles. The van der Waals surface area contributed by atoms with Gasteiger partial charge in [0.05, 0.1) is 11.9 Å². The summed E-state index contributed by atoms with van der Waals surface area (Å²) in [5.74, 6) is 2.78. The molecular formula is C19H27N3O3S. The summed E-state index contributed by atoms with van der Waals surface area (Å²) in [6.45, 7) is 0.687. The van der Waals surface area contributed by atoms with Crippen molar-refractivity contribution in [2.75, 3.05) is 18.1 Å². The second-order valence-corrected chi connectivity index (χ2v) is 10.7. The van der Waals surface area contributed by atoms with Gasteiger partial charge in [-0.15, -0.1) is 0 Å². The highest BCUT2D eigenvalue weighted by Gasteiger charge is 2.50. The Morgan fingerprint density at radius 1 is 1.15 bits per heavy atom. The van der Waals surface area contributed by atoms with Crippen LogP contribution in [0.25, 0.3) is 0 Å². The molecule has 5 rings (SSSR count). The van der Waals surface area contributed by atoms with E-state index in [-0.39, 0.29) is 11.1 Å². The number of amides is 2. The minimum absolute atomic E-state index is 0.00488. The minimum Gasteiger partial charge on any atom is -0.338 e. The van der Waals surface area contributed by atoms with E-state index in [1.54, 1.807) is 6.07 Å². The van der Waals surface area contributed by atoms with Crippen LogP contribution in [0.15, 0.2) is 23.4 Å². The molecule has 4 bridgehead atoms. The fourth-order valence-electron chi connectivity index (χ4n) is 5.89. The maximum Gasteiger partial charge on any atom is 0.319 e. The summed E-state index contributed by atoms with van der Waals surface area (Å²) in [7, 11) is -3.32. The first kappa shape index (κ1) is 17.8. The van der Waals surface area contributed by atoms with Crippen LogP contribution in [-0.2, 0) is 9.84 Å². The fourth-order valence-corrected chi connectivity index (χ4v) is 6.45. The monoisotopic (exact) mass is 377 g/mol. The van der Waals surface area contributed by atoms with Crippen LogP contribution in [0.2, 0.25) is 0 Å². The quantitative estimate of drug-likeness (QED) is 0.825. The van der Waals surface area contributed by atoms with Gasteiger partial charge >= 0.3 is 6.03 Å². The molecule has 2 amide bonds. The van der Waals surface area contributed by atoms with Gasteiger partial charge in [0.2, 0.25) is 0 Å². The van der Waals surface area contributed by atoms with Crippen LogP contribution < -0.4 is 10.6 Å². The van der Waals surface area contributed by atoms with Gasteiger partial charge in [0.25, 0.3) is 0 Å². The Morgan fingerprint density at radius 3 is 2.27 bits per heavy atom. The summed E-state index contributed by atoms with van der Waals surface area (Å²) in [5.41, 5.74) is 0.950. The molecule has 4 saturated carbocycles. The molecule has 0 aliphatic heterocycles. The molecule has 142 valence electrons. The maximum atomic E-state index is 12.1. The minimum atomic E-state index is -3.32. The first-order chi connectivity index (χ1) is 12.3. The molecular weight excluding hydrogens is 350 g/mol. The lowest BCUT2D eigenvalue weighted by atomic mass is 9.49. The van der Waals surface area contributed by atoms with Gasteiger partial charge < -0.3 is 10.6 Å². The Hall–Kier alpha value is -1.63. The number of urea groups is 1. The van der Waals surface area contributed by atoms with Gasteiger partial charge in [-0.05, 0) is 80.2 Å². The van der Waals surface area contributed by atoms with Crippen LogP contribution in [-0.4, -0.2) is 32.2 Å². The van der Waals surface area contributed by atoms with Crippen molar-refractivity contribution >= 4 is 21.6 Å². The van der Waals surface area contributed by atoms with Gasteiger partial charge in [0, 0.05) is 12.8 Å². The fraction of sp³-hybridized carbons (Fsp3) is 0.684. The predicted octanol–water partition coefficient (Wildman–Crippen LogP) is 3.21. The van der Waals surface area contributed by atoms with E-state index in [1.807, 2.05) is 0 Å². The number of rotatable bonds is 5. The molecule has 26 heavy (non-hydrogen) atoms. The van der Waals surface area contributed by atoms with E-state index in [1.165, 1.54) is 50.8 Å². The van der Waals surface area contributed by atoms with E-state index in [0.717, 1.165) is 30.4 Å². The third-order valence-corrected chi connectivity index (χ3v) is 7.48. The average molecular weight is 378 g/mol. The largest absolute Gasteiger partial charge is 0.338 e. The van der Waals surface area contributed by atoms with E-state index >= 15 is 0 Å². The maximum absolute atomic E-state index is 12.1. The zero-order valence-corrected chi connectivity index (χ0v) is 16.0. The molecule has 0 unspecified atom stereocenters. The van der Waals surface area contributed by atoms with Crippen LogP contribution in [0.4, 0.5) is 10.5 Å². The molecule has 4 aliphatic rings. The van der Waals surface area contributed by atoms with Crippen LogP contribution in [0, 0.1) is 23.2 Å². The number of carbonyl (C=O) groups is 1. The van der Waals surface area contributed by atoms with Gasteiger partial charge in [-0.25, -0.2) is 18.2 Å². The summed E-state index contributed by atoms with van der Waals surface area (Å²) in [6.07, 6.45) is 11.9. The van der Waals surface area contributed by atoms with Crippen LogP contribution in [0.5, 0.6) is 0 Å². The van der Waals surface area contributed by atoms with Crippen molar-refractivity contribution in [2.45, 2.75) is 50.0 Å². The van der Waals surface area contributed by atoms with Crippen molar-refractivity contribution in [2.24, 2.45) is 23.2 Å². The highest BCUT2D eigenvalue weighted by molar-refractivity contribution is 7.90. The van der Waals surface area contributed by atoms with E-state index in [4.69, 9.17) is 0 Å². The van der Waals surface area contributed by atoms with E-state index in [0.29, 0.717) is 17.6 Å². The van der Waals surface area contributed by atoms with Gasteiger partial charge in [-0.3, -0.25) is 0 Å². The van der Waals surface area contributed by atoms with Gasteiger partial charge in [-0.1, -0.05) is 0 Å². The lowest BCUT2D eigenvalue weighted by Gasteiger charge is -2.57. The van der Waals surface area contributed by atoms with Crippen molar-refractivity contribution in [1.29, 1.82) is 0 Å². The van der Waals surface area contributed by atoms with E-state index < -0.39 is 9.84 Å². The number of pyridine rings is 1. The number of hydrogen-bond donors (Lipinski definition) is 2. The number of nitrogens with one attached hydrogen (secondary N) is 2. The summed E-state index contributed by atoms with van der Waals surface area (Å²) in [4.78, 5) is 16.0. The highest BCUT2D eigenvalue weighted by Crippen LogP contribution is 2.61. The lowest BCUT2D eigenvalue weighted by Crippen LogP contribution is -2.47. The van der Waals surface area contributed by atoms with Crippen molar-refractivity contribution in [1.82, 2.24) is 10.3 Å². The lowest BCUT2D eigenvalue weighted by molar-refractivity contribution is -0.0563. The number of anilines is 1. The Kier molecular flexibility index (Phi) is 4.45. The third-order valence-electron chi connectivity index (χ3n) is 6.48. The third kappa shape index (κ3) is 3.72. The normalized spacial score (nSPS) is 32.4. The molecule has 0 saturated heterocycles. The molecule has 6 nitrogen and oxygen atoms in total. The number of hydrogen-bond acceptors (Lipinski definition) is 4. The molecule has 0 aromatic carbocycles. The second kappa shape index (κ2) is 6.51. The average Bonchev–Trinajstić information content (AvgIpc) is 2.53.